The molecular weight excluding hydrogens is 188 g/mol. The van der Waals surface area contributed by atoms with Gasteiger partial charge in [-0.3, -0.25) is 4.68 Å². The molecule has 15 heavy (non-hydrogen) atoms. The molecule has 0 fully saturated rings. The molecule has 0 aliphatic carbocycles. The van der Waals surface area contributed by atoms with Crippen molar-refractivity contribution in [3.8, 4) is 0 Å². The van der Waals surface area contributed by atoms with E-state index in [9.17, 15) is 0 Å². The van der Waals surface area contributed by atoms with Crippen LogP contribution in [0.25, 0.3) is 0 Å². The van der Waals surface area contributed by atoms with E-state index in [1.165, 1.54) is 12.8 Å². The molecule has 1 aromatic rings. The molecule has 4 heteroatoms. The van der Waals surface area contributed by atoms with Crippen LogP contribution >= 0.6 is 0 Å². The Morgan fingerprint density at radius 2 is 2.20 bits per heavy atom. The van der Waals surface area contributed by atoms with Crippen LogP contribution in [-0.2, 0) is 7.05 Å². The van der Waals surface area contributed by atoms with Crippen LogP contribution in [0.2, 0.25) is 0 Å². The minimum atomic E-state index is 0.782. The zero-order chi connectivity index (χ0) is 11.3. The summed E-state index contributed by atoms with van der Waals surface area (Å²) in [7, 11) is 3.82. The van der Waals surface area contributed by atoms with Crippen molar-refractivity contribution in [2.45, 2.75) is 26.7 Å². The lowest BCUT2D eigenvalue weighted by Crippen LogP contribution is -2.04. The molecule has 0 unspecified atom stereocenters. The monoisotopic (exact) mass is 210 g/mol. The number of nitrogens with zero attached hydrogens (tertiary/aromatic N) is 2. The Labute approximate surface area is 92.1 Å². The molecule has 0 aliphatic rings. The zero-order valence-corrected chi connectivity index (χ0v) is 10.2. The van der Waals surface area contributed by atoms with Crippen molar-refractivity contribution in [3.63, 3.8) is 0 Å². The third-order valence-corrected chi connectivity index (χ3v) is 2.34. The third-order valence-electron chi connectivity index (χ3n) is 2.34. The summed E-state index contributed by atoms with van der Waals surface area (Å²) in [4.78, 5) is 0. The van der Waals surface area contributed by atoms with E-state index in [0.717, 1.165) is 24.0 Å². The van der Waals surface area contributed by atoms with Crippen molar-refractivity contribution in [1.82, 2.24) is 9.78 Å². The Bertz CT molecular complexity index is 291. The molecule has 0 saturated carbocycles. The van der Waals surface area contributed by atoms with E-state index in [4.69, 9.17) is 0 Å². The highest BCUT2D eigenvalue weighted by molar-refractivity contribution is 5.62. The van der Waals surface area contributed by atoms with Crippen LogP contribution in [0.1, 0.15) is 26.7 Å². The highest BCUT2D eigenvalue weighted by Gasteiger charge is 2.04. The molecule has 0 aromatic carbocycles. The Morgan fingerprint density at radius 1 is 1.47 bits per heavy atom. The van der Waals surface area contributed by atoms with Crippen LogP contribution in [0.15, 0.2) is 6.20 Å². The van der Waals surface area contributed by atoms with Gasteiger partial charge in [0.15, 0.2) is 5.82 Å². The van der Waals surface area contributed by atoms with Gasteiger partial charge in [-0.15, -0.1) is 0 Å². The second kappa shape index (κ2) is 5.63. The minimum absolute atomic E-state index is 0.782. The van der Waals surface area contributed by atoms with Crippen molar-refractivity contribution in [1.29, 1.82) is 0 Å². The van der Waals surface area contributed by atoms with Crippen LogP contribution in [0.5, 0.6) is 0 Å². The van der Waals surface area contributed by atoms with Gasteiger partial charge in [0.25, 0.3) is 0 Å². The Morgan fingerprint density at radius 3 is 2.80 bits per heavy atom. The van der Waals surface area contributed by atoms with Crippen molar-refractivity contribution in [3.05, 3.63) is 6.20 Å². The standard InChI is InChI=1S/C11H22N4/c1-9(2)6-5-7-13-10-8-15(4)14-11(10)12-3/h8-9,13H,5-7H2,1-4H3,(H,12,14). The fraction of sp³-hybridized carbons (Fsp3) is 0.727. The fourth-order valence-corrected chi connectivity index (χ4v) is 1.54. The smallest absolute Gasteiger partial charge is 0.171 e. The first-order chi connectivity index (χ1) is 7.13. The summed E-state index contributed by atoms with van der Waals surface area (Å²) >= 11 is 0. The summed E-state index contributed by atoms with van der Waals surface area (Å²) in [5.74, 6) is 1.70. The van der Waals surface area contributed by atoms with E-state index in [-0.39, 0.29) is 0 Å². The van der Waals surface area contributed by atoms with Gasteiger partial charge >= 0.3 is 0 Å². The molecular formula is C11H22N4. The minimum Gasteiger partial charge on any atom is -0.381 e. The fourth-order valence-electron chi connectivity index (χ4n) is 1.54. The normalized spacial score (nSPS) is 10.7. The summed E-state index contributed by atoms with van der Waals surface area (Å²) in [5, 5.41) is 10.8. The van der Waals surface area contributed by atoms with Gasteiger partial charge < -0.3 is 10.6 Å². The average molecular weight is 210 g/mol. The molecule has 0 radical (unpaired) electrons. The Kier molecular flexibility index (Phi) is 4.46. The molecule has 0 saturated heterocycles. The molecule has 1 heterocycles. The molecule has 1 rings (SSSR count). The van der Waals surface area contributed by atoms with Gasteiger partial charge in [0.1, 0.15) is 0 Å². The highest BCUT2D eigenvalue weighted by Crippen LogP contribution is 2.18. The summed E-state index contributed by atoms with van der Waals surface area (Å²) in [6.45, 7) is 5.52. The van der Waals surface area contributed by atoms with Crippen LogP contribution in [0.3, 0.4) is 0 Å². The lowest BCUT2D eigenvalue weighted by molar-refractivity contribution is 0.567. The Hall–Kier alpha value is -1.19. The van der Waals surface area contributed by atoms with Gasteiger partial charge in [-0.1, -0.05) is 13.8 Å². The highest BCUT2D eigenvalue weighted by atomic mass is 15.3. The van der Waals surface area contributed by atoms with Crippen LogP contribution < -0.4 is 10.6 Å². The summed E-state index contributed by atoms with van der Waals surface area (Å²) < 4.78 is 1.82. The maximum atomic E-state index is 4.29. The molecule has 0 aliphatic heterocycles. The molecule has 0 amide bonds. The first kappa shape index (κ1) is 11.9. The third kappa shape index (κ3) is 3.81. The van der Waals surface area contributed by atoms with Gasteiger partial charge in [0, 0.05) is 20.6 Å². The molecule has 86 valence electrons. The van der Waals surface area contributed by atoms with E-state index in [2.05, 4.69) is 29.6 Å². The molecule has 1 aromatic heterocycles. The van der Waals surface area contributed by atoms with E-state index in [1.54, 1.807) is 0 Å². The number of aromatic nitrogens is 2. The van der Waals surface area contributed by atoms with Crippen LogP contribution in [-0.4, -0.2) is 23.4 Å². The number of rotatable bonds is 6. The van der Waals surface area contributed by atoms with E-state index in [0.29, 0.717) is 0 Å². The SMILES string of the molecule is CNc1nn(C)cc1NCCCC(C)C. The molecule has 0 atom stereocenters. The number of anilines is 2. The van der Waals surface area contributed by atoms with Gasteiger partial charge in [0.2, 0.25) is 0 Å². The predicted octanol–water partition coefficient (Wildman–Crippen LogP) is 2.31. The summed E-state index contributed by atoms with van der Waals surface area (Å²) in [6.07, 6.45) is 4.47. The topological polar surface area (TPSA) is 41.9 Å². The second-order valence-corrected chi connectivity index (χ2v) is 4.28. The van der Waals surface area contributed by atoms with E-state index in [1.807, 2.05) is 25.0 Å². The van der Waals surface area contributed by atoms with Crippen molar-refractivity contribution in [2.75, 3.05) is 24.2 Å². The largest absolute Gasteiger partial charge is 0.381 e. The summed E-state index contributed by atoms with van der Waals surface area (Å²) in [5.41, 5.74) is 1.09. The van der Waals surface area contributed by atoms with Gasteiger partial charge in [-0.25, -0.2) is 0 Å². The Balaban J connectivity index is 2.36. The maximum absolute atomic E-state index is 4.29. The van der Waals surface area contributed by atoms with Crippen molar-refractivity contribution < 1.29 is 0 Å². The lowest BCUT2D eigenvalue weighted by Gasteiger charge is -2.07. The molecule has 4 nitrogen and oxygen atoms in total. The van der Waals surface area contributed by atoms with E-state index >= 15 is 0 Å². The van der Waals surface area contributed by atoms with Crippen LogP contribution in [0.4, 0.5) is 11.5 Å². The number of aryl methyl sites for hydroxylation is 1. The zero-order valence-electron chi connectivity index (χ0n) is 10.2. The quantitative estimate of drug-likeness (QED) is 0.708. The lowest BCUT2D eigenvalue weighted by atomic mass is 10.1. The van der Waals surface area contributed by atoms with Crippen LogP contribution in [0, 0.1) is 5.92 Å². The van der Waals surface area contributed by atoms with Gasteiger partial charge in [-0.05, 0) is 18.8 Å². The average Bonchev–Trinajstić information content (AvgIpc) is 2.53. The van der Waals surface area contributed by atoms with Gasteiger partial charge in [-0.2, -0.15) is 5.10 Å². The van der Waals surface area contributed by atoms with Crippen molar-refractivity contribution >= 4 is 11.5 Å². The molecule has 0 spiro atoms. The maximum Gasteiger partial charge on any atom is 0.171 e. The molecule has 0 bridgehead atoms. The first-order valence-corrected chi connectivity index (χ1v) is 5.58. The summed E-state index contributed by atoms with van der Waals surface area (Å²) in [6, 6.07) is 0. The number of hydrogen-bond acceptors (Lipinski definition) is 3. The number of nitrogens with one attached hydrogen (secondary N) is 2. The first-order valence-electron chi connectivity index (χ1n) is 5.58. The predicted molar refractivity (Wildman–Crippen MR) is 65.3 cm³/mol. The molecule has 2 N–H and O–H groups in total. The second-order valence-electron chi connectivity index (χ2n) is 4.28. The van der Waals surface area contributed by atoms with E-state index < -0.39 is 0 Å². The van der Waals surface area contributed by atoms with Crippen molar-refractivity contribution in [2.24, 2.45) is 13.0 Å². The van der Waals surface area contributed by atoms with Gasteiger partial charge in [0.05, 0.1) is 11.9 Å². The number of hydrogen-bond donors (Lipinski definition) is 2.